The Kier molecular flexibility index (Phi) is 4.23. The largest absolute Gasteiger partial charge is 0.497 e. The van der Waals surface area contributed by atoms with Crippen molar-refractivity contribution < 1.29 is 9.53 Å². The van der Waals surface area contributed by atoms with Crippen molar-refractivity contribution in [3.63, 3.8) is 0 Å². The summed E-state index contributed by atoms with van der Waals surface area (Å²) in [6.45, 7) is 0. The molecule has 0 spiro atoms. The molecule has 2 rings (SSSR count). The van der Waals surface area contributed by atoms with Gasteiger partial charge in [0.2, 0.25) is 0 Å². The average molecular weight is 272 g/mol. The molecule has 7 heteroatoms. The molecule has 1 aromatic heterocycles. The van der Waals surface area contributed by atoms with Gasteiger partial charge in [0, 0.05) is 6.07 Å². The molecule has 0 unspecified atom stereocenters. The van der Waals surface area contributed by atoms with Crippen LogP contribution in [0.3, 0.4) is 0 Å². The molecule has 0 fully saturated rings. The van der Waals surface area contributed by atoms with Crippen LogP contribution < -0.4 is 15.7 Å². The fourth-order valence-corrected chi connectivity index (χ4v) is 1.38. The molecule has 2 N–H and O–H groups in total. The number of amides is 1. The minimum absolute atomic E-state index is 0.0801. The minimum Gasteiger partial charge on any atom is -0.497 e. The molecular weight excluding hydrogens is 260 g/mol. The lowest BCUT2D eigenvalue weighted by Gasteiger charge is -1.99. The van der Waals surface area contributed by atoms with Crippen LogP contribution >= 0.6 is 0 Å². The summed E-state index contributed by atoms with van der Waals surface area (Å²) in [6, 6.07) is 9.70. The van der Waals surface area contributed by atoms with Crippen LogP contribution in [0.25, 0.3) is 0 Å². The summed E-state index contributed by atoms with van der Waals surface area (Å²) in [7, 11) is 1.58. The predicted molar refractivity (Wildman–Crippen MR) is 72.9 cm³/mol. The van der Waals surface area contributed by atoms with Gasteiger partial charge in [-0.05, 0) is 35.9 Å². The number of methoxy groups -OCH3 is 1. The highest BCUT2D eigenvalue weighted by Crippen LogP contribution is 2.09. The normalized spacial score (nSPS) is 10.4. The molecule has 1 heterocycles. The minimum atomic E-state index is -0.508. The third-order valence-electron chi connectivity index (χ3n) is 2.41. The molecule has 1 aromatic carbocycles. The van der Waals surface area contributed by atoms with Gasteiger partial charge in [0.25, 0.3) is 11.5 Å². The summed E-state index contributed by atoms with van der Waals surface area (Å²) in [5, 5.41) is 9.55. The van der Waals surface area contributed by atoms with E-state index < -0.39 is 5.91 Å². The van der Waals surface area contributed by atoms with E-state index in [1.54, 1.807) is 31.4 Å². The van der Waals surface area contributed by atoms with Gasteiger partial charge in [-0.1, -0.05) is 0 Å². The van der Waals surface area contributed by atoms with Crippen molar-refractivity contribution in [2.75, 3.05) is 7.11 Å². The fraction of sp³-hybridized carbons (Fsp3) is 0.0769. The smallest absolute Gasteiger partial charge is 0.291 e. The van der Waals surface area contributed by atoms with E-state index in [1.165, 1.54) is 18.3 Å². The summed E-state index contributed by atoms with van der Waals surface area (Å²) in [6.07, 6.45) is 1.49. The van der Waals surface area contributed by atoms with Crippen molar-refractivity contribution in [3.8, 4) is 5.75 Å². The summed E-state index contributed by atoms with van der Waals surface area (Å²) in [5.41, 5.74) is 2.82. The van der Waals surface area contributed by atoms with Crippen LogP contribution in [0, 0.1) is 0 Å². The van der Waals surface area contributed by atoms with Crippen molar-refractivity contribution in [3.05, 3.63) is 58.0 Å². The summed E-state index contributed by atoms with van der Waals surface area (Å²) >= 11 is 0. The van der Waals surface area contributed by atoms with E-state index in [0.29, 0.717) is 0 Å². The molecule has 0 radical (unpaired) electrons. The second kappa shape index (κ2) is 6.28. The second-order valence-corrected chi connectivity index (χ2v) is 3.78. The Balaban J connectivity index is 1.96. The van der Waals surface area contributed by atoms with Crippen molar-refractivity contribution in [2.45, 2.75) is 0 Å². The van der Waals surface area contributed by atoms with Crippen LogP contribution in [0.2, 0.25) is 0 Å². The number of aromatic nitrogens is 2. The van der Waals surface area contributed by atoms with Gasteiger partial charge in [0.1, 0.15) is 5.75 Å². The molecule has 0 aliphatic rings. The number of carbonyl (C=O) groups excluding carboxylic acids is 1. The molecule has 7 nitrogen and oxygen atoms in total. The van der Waals surface area contributed by atoms with Gasteiger partial charge in [-0.2, -0.15) is 10.2 Å². The van der Waals surface area contributed by atoms with E-state index in [-0.39, 0.29) is 11.3 Å². The Morgan fingerprint density at radius 1 is 1.30 bits per heavy atom. The Morgan fingerprint density at radius 3 is 2.65 bits per heavy atom. The maximum Gasteiger partial charge on any atom is 0.291 e. The first-order valence-electron chi connectivity index (χ1n) is 5.72. The number of nitrogens with zero attached hydrogens (tertiary/aromatic N) is 2. The van der Waals surface area contributed by atoms with Crippen LogP contribution in [-0.2, 0) is 0 Å². The molecule has 0 saturated heterocycles. The first kappa shape index (κ1) is 13.5. The highest BCUT2D eigenvalue weighted by Gasteiger charge is 2.05. The standard InChI is InChI=1S/C13H12N4O3/c1-20-10-4-2-9(3-5-10)8-14-17-13(19)11-6-7-12(18)16-15-11/h2-8H,1H3,(H,16,18)(H,17,19)/b14-8-. The fourth-order valence-electron chi connectivity index (χ4n) is 1.38. The second-order valence-electron chi connectivity index (χ2n) is 3.78. The number of benzene rings is 1. The zero-order chi connectivity index (χ0) is 14.4. The zero-order valence-corrected chi connectivity index (χ0v) is 10.7. The number of H-pyrrole nitrogens is 1. The van der Waals surface area contributed by atoms with E-state index in [9.17, 15) is 9.59 Å². The number of hydrazone groups is 1. The van der Waals surface area contributed by atoms with Crippen molar-refractivity contribution in [1.29, 1.82) is 0 Å². The van der Waals surface area contributed by atoms with Gasteiger partial charge in [0.15, 0.2) is 5.69 Å². The zero-order valence-electron chi connectivity index (χ0n) is 10.7. The van der Waals surface area contributed by atoms with Gasteiger partial charge in [-0.15, -0.1) is 0 Å². The first-order valence-corrected chi connectivity index (χ1v) is 5.72. The third-order valence-corrected chi connectivity index (χ3v) is 2.41. The molecule has 0 aliphatic carbocycles. The number of ether oxygens (including phenoxy) is 1. The van der Waals surface area contributed by atoms with Crippen LogP contribution in [-0.4, -0.2) is 29.4 Å². The molecule has 2 aromatic rings. The first-order chi connectivity index (χ1) is 9.69. The molecular formula is C13H12N4O3. The number of rotatable bonds is 4. The van der Waals surface area contributed by atoms with Gasteiger partial charge >= 0.3 is 0 Å². The summed E-state index contributed by atoms with van der Waals surface area (Å²) in [5.74, 6) is 0.231. The van der Waals surface area contributed by atoms with Crippen molar-refractivity contribution >= 4 is 12.1 Å². The number of hydrogen-bond acceptors (Lipinski definition) is 5. The van der Waals surface area contributed by atoms with Crippen LogP contribution in [0.15, 0.2) is 46.3 Å². The monoisotopic (exact) mass is 272 g/mol. The Hall–Kier alpha value is -2.96. The van der Waals surface area contributed by atoms with Gasteiger partial charge in [-0.3, -0.25) is 9.59 Å². The Morgan fingerprint density at radius 2 is 2.05 bits per heavy atom. The molecule has 0 atom stereocenters. The molecule has 0 aliphatic heterocycles. The van der Waals surface area contributed by atoms with Crippen LogP contribution in [0.4, 0.5) is 0 Å². The van der Waals surface area contributed by atoms with Gasteiger partial charge in [-0.25, -0.2) is 10.5 Å². The van der Waals surface area contributed by atoms with E-state index in [0.717, 1.165) is 11.3 Å². The number of hydrogen-bond donors (Lipinski definition) is 2. The molecule has 102 valence electrons. The lowest BCUT2D eigenvalue weighted by atomic mass is 10.2. The highest BCUT2D eigenvalue weighted by atomic mass is 16.5. The summed E-state index contributed by atoms with van der Waals surface area (Å²) < 4.78 is 5.03. The number of carbonyl (C=O) groups is 1. The van der Waals surface area contributed by atoms with E-state index in [1.807, 2.05) is 0 Å². The van der Waals surface area contributed by atoms with Crippen molar-refractivity contribution in [2.24, 2.45) is 5.10 Å². The number of aromatic amines is 1. The van der Waals surface area contributed by atoms with Gasteiger partial charge in [0.05, 0.1) is 13.3 Å². The lowest BCUT2D eigenvalue weighted by Crippen LogP contribution is -2.21. The quantitative estimate of drug-likeness (QED) is 0.627. The third kappa shape index (κ3) is 3.52. The highest BCUT2D eigenvalue weighted by molar-refractivity contribution is 5.92. The SMILES string of the molecule is COc1ccc(/C=N\NC(=O)c2ccc(=O)[nH]n2)cc1. The molecule has 20 heavy (non-hydrogen) atoms. The maximum atomic E-state index is 11.6. The van der Waals surface area contributed by atoms with E-state index >= 15 is 0 Å². The maximum absolute atomic E-state index is 11.6. The van der Waals surface area contributed by atoms with E-state index in [2.05, 4.69) is 20.7 Å². The lowest BCUT2D eigenvalue weighted by molar-refractivity contribution is 0.0949. The number of nitrogens with one attached hydrogen (secondary N) is 2. The molecule has 0 bridgehead atoms. The predicted octanol–water partition coefficient (Wildman–Crippen LogP) is 0.542. The molecule has 0 saturated carbocycles. The Bertz CT molecular complexity index is 656. The van der Waals surface area contributed by atoms with Crippen LogP contribution in [0.1, 0.15) is 16.1 Å². The molecule has 1 amide bonds. The topological polar surface area (TPSA) is 96.4 Å². The van der Waals surface area contributed by atoms with E-state index in [4.69, 9.17) is 4.74 Å². The summed E-state index contributed by atoms with van der Waals surface area (Å²) in [4.78, 5) is 22.4. The van der Waals surface area contributed by atoms with Crippen molar-refractivity contribution in [1.82, 2.24) is 15.6 Å². The van der Waals surface area contributed by atoms with Gasteiger partial charge < -0.3 is 4.74 Å². The van der Waals surface area contributed by atoms with Crippen LogP contribution in [0.5, 0.6) is 5.75 Å². The average Bonchev–Trinajstić information content (AvgIpc) is 2.48. The Labute approximate surface area is 114 Å².